The number of carbonyl (C=O) groups is 2. The molecule has 3 aliphatic rings. The van der Waals surface area contributed by atoms with E-state index in [-0.39, 0.29) is 12.1 Å². The summed E-state index contributed by atoms with van der Waals surface area (Å²) in [4.78, 5) is 34.8. The van der Waals surface area contributed by atoms with Gasteiger partial charge < -0.3 is 19.6 Å². The molecule has 0 atom stereocenters. The molecule has 8 heteroatoms. The number of hydrogen-bond acceptors (Lipinski definition) is 5. The summed E-state index contributed by atoms with van der Waals surface area (Å²) in [6.07, 6.45) is 6.52. The predicted molar refractivity (Wildman–Crippen MR) is 112 cm³/mol. The van der Waals surface area contributed by atoms with E-state index < -0.39 is 11.4 Å². The first kappa shape index (κ1) is 20.9. The van der Waals surface area contributed by atoms with E-state index >= 15 is 0 Å². The van der Waals surface area contributed by atoms with Crippen LogP contribution in [0.2, 0.25) is 0 Å². The maximum Gasteiger partial charge on any atom is 0.320 e. The van der Waals surface area contributed by atoms with Crippen LogP contribution in [-0.2, 0) is 10.2 Å². The Kier molecular flexibility index (Phi) is 5.86. The van der Waals surface area contributed by atoms with Crippen molar-refractivity contribution >= 4 is 12.0 Å². The maximum atomic E-state index is 12.8. The zero-order valence-electron chi connectivity index (χ0n) is 17.9. The van der Waals surface area contributed by atoms with Crippen LogP contribution in [0.4, 0.5) is 4.79 Å². The highest BCUT2D eigenvalue weighted by atomic mass is 16.5. The van der Waals surface area contributed by atoms with Crippen LogP contribution >= 0.6 is 0 Å². The first-order valence-corrected chi connectivity index (χ1v) is 11.0. The van der Waals surface area contributed by atoms with Crippen molar-refractivity contribution in [3.63, 3.8) is 0 Å². The monoisotopic (exact) mass is 416 g/mol. The van der Waals surface area contributed by atoms with E-state index in [9.17, 15) is 14.7 Å². The number of carbonyl (C=O) groups excluding carboxylic acids is 1. The maximum absolute atomic E-state index is 12.8. The third-order valence-electron chi connectivity index (χ3n) is 6.72. The minimum absolute atomic E-state index is 0.0486. The minimum atomic E-state index is -1.04. The molecule has 2 amide bonds. The van der Waals surface area contributed by atoms with Gasteiger partial charge in [0.2, 0.25) is 0 Å². The predicted octanol–water partition coefficient (Wildman–Crippen LogP) is 2.19. The third-order valence-corrected chi connectivity index (χ3v) is 6.72. The molecule has 4 rings (SSSR count). The largest absolute Gasteiger partial charge is 0.485 e. The van der Waals surface area contributed by atoms with Crippen LogP contribution in [-0.4, -0.2) is 88.2 Å². The van der Waals surface area contributed by atoms with E-state index in [1.807, 2.05) is 9.80 Å². The first-order chi connectivity index (χ1) is 14.3. The van der Waals surface area contributed by atoms with Gasteiger partial charge in [-0.3, -0.25) is 14.7 Å². The van der Waals surface area contributed by atoms with Gasteiger partial charge in [-0.05, 0) is 45.2 Å². The molecule has 1 aromatic rings. The Morgan fingerprint density at radius 2 is 1.83 bits per heavy atom. The molecule has 0 bridgehead atoms. The van der Waals surface area contributed by atoms with E-state index in [4.69, 9.17) is 4.74 Å². The second kappa shape index (κ2) is 8.41. The molecule has 1 aliphatic carbocycles. The van der Waals surface area contributed by atoms with Crippen molar-refractivity contribution in [2.24, 2.45) is 0 Å². The molecule has 2 saturated heterocycles. The Labute approximate surface area is 177 Å². The fraction of sp³-hybridized carbons (Fsp3) is 0.682. The number of carboxylic acid groups (broad SMARTS) is 1. The number of likely N-dealkylation sites (tertiary alicyclic amines) is 1. The van der Waals surface area contributed by atoms with Gasteiger partial charge in [-0.25, -0.2) is 4.79 Å². The summed E-state index contributed by atoms with van der Waals surface area (Å²) in [6, 6.07) is 4.29. The molecular weight excluding hydrogens is 384 g/mol. The van der Waals surface area contributed by atoms with Crippen molar-refractivity contribution in [3.05, 3.63) is 24.0 Å². The molecule has 164 valence electrons. The topological polar surface area (TPSA) is 86.2 Å². The molecule has 30 heavy (non-hydrogen) atoms. The molecule has 0 aromatic carbocycles. The van der Waals surface area contributed by atoms with Gasteiger partial charge in [-0.1, -0.05) is 6.42 Å². The average molecular weight is 417 g/mol. The number of aromatic nitrogens is 1. The zero-order chi connectivity index (χ0) is 21.3. The van der Waals surface area contributed by atoms with Gasteiger partial charge in [0.25, 0.3) is 0 Å². The van der Waals surface area contributed by atoms with Gasteiger partial charge in [0, 0.05) is 32.2 Å². The van der Waals surface area contributed by atoms with Crippen molar-refractivity contribution in [1.29, 1.82) is 0 Å². The Hall–Kier alpha value is -2.35. The minimum Gasteiger partial charge on any atom is -0.485 e. The van der Waals surface area contributed by atoms with Crippen molar-refractivity contribution in [1.82, 2.24) is 19.7 Å². The number of aliphatic carboxylic acids is 1. The van der Waals surface area contributed by atoms with Crippen molar-refractivity contribution < 1.29 is 19.4 Å². The second-order valence-corrected chi connectivity index (χ2v) is 9.20. The molecular formula is C22H32N4O4. The molecule has 0 unspecified atom stereocenters. The number of hydrogen-bond donors (Lipinski definition) is 1. The van der Waals surface area contributed by atoms with Crippen LogP contribution in [0.1, 0.15) is 45.2 Å². The summed E-state index contributed by atoms with van der Waals surface area (Å²) in [5.41, 5.74) is -0.551. The first-order valence-electron chi connectivity index (χ1n) is 11.0. The number of pyridine rings is 1. The number of amides is 2. The number of nitrogens with zero attached hydrogens (tertiary/aromatic N) is 4. The second-order valence-electron chi connectivity index (χ2n) is 9.20. The number of ether oxygens (including phenoxy) is 1. The van der Waals surface area contributed by atoms with E-state index in [0.717, 1.165) is 38.6 Å². The van der Waals surface area contributed by atoms with Gasteiger partial charge in [0.05, 0.1) is 25.0 Å². The quantitative estimate of drug-likeness (QED) is 0.792. The van der Waals surface area contributed by atoms with Gasteiger partial charge >= 0.3 is 12.0 Å². The summed E-state index contributed by atoms with van der Waals surface area (Å²) in [7, 11) is 0. The van der Waals surface area contributed by atoms with E-state index in [1.165, 1.54) is 19.3 Å². The van der Waals surface area contributed by atoms with Crippen LogP contribution in [0.15, 0.2) is 18.3 Å². The van der Waals surface area contributed by atoms with Crippen molar-refractivity contribution in [3.8, 4) is 5.75 Å². The molecule has 2 aliphatic heterocycles. The fourth-order valence-corrected chi connectivity index (χ4v) is 4.24. The highest BCUT2D eigenvalue weighted by Crippen LogP contribution is 2.27. The lowest BCUT2D eigenvalue weighted by Crippen LogP contribution is -2.60. The standard InChI is InChI=1S/C22H32N4O4/c1-22(2,20(27)28)19-8-7-17(13-23-19)30-18-14-26(15-18)21(29)25-10-4-9-24(11-12-25)16-5-3-6-16/h7-8,13,16,18H,3-6,9-12,14-15H2,1-2H3,(H,27,28). The summed E-state index contributed by atoms with van der Waals surface area (Å²) in [5.74, 6) is -0.316. The molecule has 8 nitrogen and oxygen atoms in total. The number of urea groups is 1. The zero-order valence-corrected chi connectivity index (χ0v) is 17.9. The molecule has 3 heterocycles. The highest BCUT2D eigenvalue weighted by molar-refractivity contribution is 5.79. The van der Waals surface area contributed by atoms with Crippen LogP contribution in [0, 0.1) is 0 Å². The van der Waals surface area contributed by atoms with Crippen molar-refractivity contribution in [2.45, 2.75) is 57.1 Å². The summed E-state index contributed by atoms with van der Waals surface area (Å²) < 4.78 is 5.91. The van der Waals surface area contributed by atoms with E-state index in [1.54, 1.807) is 32.2 Å². The smallest absolute Gasteiger partial charge is 0.320 e. The SMILES string of the molecule is CC(C)(C(=O)O)c1ccc(OC2CN(C(=O)N3CCCN(C4CCC4)CC3)C2)cn1. The Balaban J connectivity index is 1.24. The Morgan fingerprint density at radius 1 is 1.07 bits per heavy atom. The molecule has 0 spiro atoms. The summed E-state index contributed by atoms with van der Waals surface area (Å²) in [6.45, 7) is 8.12. The van der Waals surface area contributed by atoms with Gasteiger partial charge in [0.15, 0.2) is 0 Å². The number of rotatable bonds is 5. The molecule has 0 radical (unpaired) electrons. The van der Waals surface area contributed by atoms with E-state index in [2.05, 4.69) is 9.88 Å². The summed E-state index contributed by atoms with van der Waals surface area (Å²) >= 11 is 0. The summed E-state index contributed by atoms with van der Waals surface area (Å²) in [5, 5.41) is 9.30. The van der Waals surface area contributed by atoms with Crippen LogP contribution in [0.5, 0.6) is 5.75 Å². The van der Waals surface area contributed by atoms with Crippen LogP contribution < -0.4 is 4.74 Å². The van der Waals surface area contributed by atoms with Gasteiger partial charge in [-0.2, -0.15) is 0 Å². The highest BCUT2D eigenvalue weighted by Gasteiger charge is 2.36. The normalized spacial score (nSPS) is 21.5. The van der Waals surface area contributed by atoms with Gasteiger partial charge in [0.1, 0.15) is 17.3 Å². The average Bonchev–Trinajstić information content (AvgIpc) is 2.89. The molecule has 3 fully saturated rings. The third kappa shape index (κ3) is 4.24. The molecule has 1 saturated carbocycles. The molecule has 1 N–H and O–H groups in total. The van der Waals surface area contributed by atoms with E-state index in [0.29, 0.717) is 24.5 Å². The Morgan fingerprint density at radius 3 is 2.43 bits per heavy atom. The van der Waals surface area contributed by atoms with Crippen LogP contribution in [0.3, 0.4) is 0 Å². The van der Waals surface area contributed by atoms with Gasteiger partial charge in [-0.15, -0.1) is 0 Å². The van der Waals surface area contributed by atoms with Crippen LogP contribution in [0.25, 0.3) is 0 Å². The Bertz CT molecular complexity index is 772. The lowest BCUT2D eigenvalue weighted by atomic mass is 9.89. The number of carboxylic acids is 1. The lowest BCUT2D eigenvalue weighted by Gasteiger charge is -2.41. The molecule has 1 aromatic heterocycles. The van der Waals surface area contributed by atoms with Crippen molar-refractivity contribution in [2.75, 3.05) is 39.3 Å². The lowest BCUT2D eigenvalue weighted by molar-refractivity contribution is -0.142. The fourth-order valence-electron chi connectivity index (χ4n) is 4.24.